The van der Waals surface area contributed by atoms with Crippen LogP contribution in [0, 0.1) is 0 Å². The number of hydrogen-bond donors (Lipinski definition) is 0. The Labute approximate surface area is 119 Å². The summed E-state index contributed by atoms with van der Waals surface area (Å²) in [7, 11) is 0. The summed E-state index contributed by atoms with van der Waals surface area (Å²) in [5.41, 5.74) is 0. The minimum atomic E-state index is -0.754. The van der Waals surface area contributed by atoms with E-state index in [9.17, 15) is 14.4 Å². The first-order valence-electron chi connectivity index (χ1n) is 5.65. The van der Waals surface area contributed by atoms with E-state index in [0.29, 0.717) is 0 Å². The van der Waals surface area contributed by atoms with Gasteiger partial charge in [-0.1, -0.05) is 15.9 Å². The zero-order valence-electron chi connectivity index (χ0n) is 10.8. The van der Waals surface area contributed by atoms with Crippen LogP contribution in [-0.4, -0.2) is 41.0 Å². The van der Waals surface area contributed by atoms with Gasteiger partial charge >= 0.3 is 17.9 Å². The number of alkyl halides is 1. The van der Waals surface area contributed by atoms with Gasteiger partial charge in [-0.2, -0.15) is 0 Å². The van der Waals surface area contributed by atoms with E-state index >= 15 is 0 Å². The Morgan fingerprint density at radius 1 is 0.842 bits per heavy atom. The van der Waals surface area contributed by atoms with Gasteiger partial charge in [0.25, 0.3) is 0 Å². The van der Waals surface area contributed by atoms with Gasteiger partial charge in [0.15, 0.2) is 12.2 Å². The molecule has 0 saturated heterocycles. The first kappa shape index (κ1) is 15.7. The van der Waals surface area contributed by atoms with Crippen molar-refractivity contribution < 1.29 is 28.6 Å². The third-order valence-electron chi connectivity index (χ3n) is 2.35. The summed E-state index contributed by atoms with van der Waals surface area (Å²) >= 11 is 3.31. The molecule has 19 heavy (non-hydrogen) atoms. The maximum absolute atomic E-state index is 11.1. The van der Waals surface area contributed by atoms with Crippen molar-refractivity contribution in [2.24, 2.45) is 0 Å². The molecule has 0 heterocycles. The summed E-state index contributed by atoms with van der Waals surface area (Å²) < 4.78 is 15.2. The summed E-state index contributed by atoms with van der Waals surface area (Å²) in [6.45, 7) is 3.80. The van der Waals surface area contributed by atoms with E-state index in [-0.39, 0.29) is 0 Å². The van der Waals surface area contributed by atoms with Crippen molar-refractivity contribution in [3.05, 3.63) is 12.2 Å². The van der Waals surface area contributed by atoms with Gasteiger partial charge in [-0.15, -0.1) is 0 Å². The average molecular weight is 335 g/mol. The Bertz CT molecular complexity index is 405. The van der Waals surface area contributed by atoms with Crippen molar-refractivity contribution in [3.63, 3.8) is 0 Å². The SMILES string of the molecule is CC(=O)O[C@@H]1[C@H](Br)[C@@H](OC(C)=O)C=C[C@@H]1OC(C)=O. The molecular formula is C12H15BrO6. The largest absolute Gasteiger partial charge is 0.457 e. The third-order valence-corrected chi connectivity index (χ3v) is 3.39. The quantitative estimate of drug-likeness (QED) is 0.333. The molecule has 0 amide bonds. The van der Waals surface area contributed by atoms with Crippen molar-refractivity contribution in [2.75, 3.05) is 0 Å². The van der Waals surface area contributed by atoms with E-state index in [1.54, 1.807) is 12.2 Å². The predicted molar refractivity (Wildman–Crippen MR) is 68.5 cm³/mol. The van der Waals surface area contributed by atoms with Gasteiger partial charge in [0, 0.05) is 20.8 Å². The minimum Gasteiger partial charge on any atom is -0.457 e. The standard InChI is InChI=1S/C12H15BrO6/c1-6(14)17-9-4-5-10(18-7(2)15)12(11(9)13)19-8(3)16/h4-5,9-12H,1-3H3/t9-,10-,11+,12-/m0/s1. The highest BCUT2D eigenvalue weighted by Crippen LogP contribution is 2.27. The topological polar surface area (TPSA) is 78.9 Å². The number of esters is 3. The van der Waals surface area contributed by atoms with Crippen LogP contribution in [0.5, 0.6) is 0 Å². The van der Waals surface area contributed by atoms with Crippen molar-refractivity contribution in [2.45, 2.75) is 43.9 Å². The Hall–Kier alpha value is -1.37. The molecule has 6 nitrogen and oxygen atoms in total. The predicted octanol–water partition coefficient (Wildman–Crippen LogP) is 1.11. The lowest BCUT2D eigenvalue weighted by Crippen LogP contribution is -2.48. The van der Waals surface area contributed by atoms with E-state index in [2.05, 4.69) is 15.9 Å². The molecule has 0 radical (unpaired) electrons. The number of rotatable bonds is 3. The summed E-state index contributed by atoms with van der Waals surface area (Å²) in [6.07, 6.45) is 1.08. The van der Waals surface area contributed by atoms with Crippen LogP contribution < -0.4 is 0 Å². The van der Waals surface area contributed by atoms with Crippen LogP contribution in [0.25, 0.3) is 0 Å². The monoisotopic (exact) mass is 334 g/mol. The number of carbonyl (C=O) groups excluding carboxylic acids is 3. The first-order valence-corrected chi connectivity index (χ1v) is 6.57. The van der Waals surface area contributed by atoms with Crippen LogP contribution in [0.15, 0.2) is 12.2 Å². The van der Waals surface area contributed by atoms with E-state index < -0.39 is 41.0 Å². The molecule has 0 fully saturated rings. The highest BCUT2D eigenvalue weighted by molar-refractivity contribution is 9.09. The van der Waals surface area contributed by atoms with Crippen LogP contribution in [0.2, 0.25) is 0 Å². The highest BCUT2D eigenvalue weighted by Gasteiger charge is 2.40. The molecule has 0 saturated carbocycles. The molecule has 7 heteroatoms. The summed E-state index contributed by atoms with van der Waals surface area (Å²) in [5.74, 6) is -1.45. The molecule has 0 aromatic rings. The van der Waals surface area contributed by atoms with Gasteiger partial charge in [-0.05, 0) is 12.2 Å². The number of carbonyl (C=O) groups is 3. The van der Waals surface area contributed by atoms with Gasteiger partial charge in [0.05, 0.1) is 4.83 Å². The average Bonchev–Trinajstić information content (AvgIpc) is 2.26. The fourth-order valence-corrected chi connectivity index (χ4v) is 2.41. The number of ether oxygens (including phenoxy) is 3. The molecule has 0 aromatic heterocycles. The van der Waals surface area contributed by atoms with Crippen LogP contribution in [0.4, 0.5) is 0 Å². The van der Waals surface area contributed by atoms with E-state index in [0.717, 1.165) is 0 Å². The van der Waals surface area contributed by atoms with Gasteiger partial charge < -0.3 is 14.2 Å². The summed E-state index contributed by atoms with van der Waals surface area (Å²) in [4.78, 5) is 32.6. The molecule has 0 N–H and O–H groups in total. The van der Waals surface area contributed by atoms with Gasteiger partial charge in [-0.25, -0.2) is 0 Å². The van der Waals surface area contributed by atoms with Crippen molar-refractivity contribution in [1.82, 2.24) is 0 Å². The second kappa shape index (κ2) is 6.70. The molecule has 0 unspecified atom stereocenters. The molecule has 4 atom stereocenters. The van der Waals surface area contributed by atoms with Crippen molar-refractivity contribution >= 4 is 33.8 Å². The molecule has 0 aliphatic heterocycles. The zero-order valence-corrected chi connectivity index (χ0v) is 12.4. The summed E-state index contributed by atoms with van der Waals surface area (Å²) in [6, 6.07) is 0. The van der Waals surface area contributed by atoms with Gasteiger partial charge in [0.2, 0.25) is 0 Å². The lowest BCUT2D eigenvalue weighted by atomic mass is 9.98. The maximum atomic E-state index is 11.1. The molecule has 0 bridgehead atoms. The van der Waals surface area contributed by atoms with Crippen molar-refractivity contribution in [1.29, 1.82) is 0 Å². The number of halogens is 1. The maximum Gasteiger partial charge on any atom is 0.303 e. The molecule has 0 spiro atoms. The Morgan fingerprint density at radius 2 is 1.26 bits per heavy atom. The van der Waals surface area contributed by atoms with Crippen molar-refractivity contribution in [3.8, 4) is 0 Å². The molecule has 1 rings (SSSR count). The van der Waals surface area contributed by atoms with Crippen LogP contribution >= 0.6 is 15.9 Å². The van der Waals surface area contributed by atoms with E-state index in [1.807, 2.05) is 0 Å². The highest BCUT2D eigenvalue weighted by atomic mass is 79.9. The smallest absolute Gasteiger partial charge is 0.303 e. The molecular weight excluding hydrogens is 320 g/mol. The summed E-state index contributed by atoms with van der Waals surface area (Å²) in [5, 5.41) is 0. The lowest BCUT2D eigenvalue weighted by molar-refractivity contribution is -0.165. The molecule has 1 aliphatic carbocycles. The van der Waals surface area contributed by atoms with Crippen LogP contribution in [-0.2, 0) is 28.6 Å². The van der Waals surface area contributed by atoms with Gasteiger partial charge in [-0.3, -0.25) is 14.4 Å². The second-order valence-corrected chi connectivity index (χ2v) is 5.11. The molecule has 106 valence electrons. The molecule has 0 aromatic carbocycles. The van der Waals surface area contributed by atoms with Gasteiger partial charge in [0.1, 0.15) is 6.10 Å². The van der Waals surface area contributed by atoms with Crippen LogP contribution in [0.3, 0.4) is 0 Å². The van der Waals surface area contributed by atoms with Crippen LogP contribution in [0.1, 0.15) is 20.8 Å². The minimum absolute atomic E-state index is 0.452. The van der Waals surface area contributed by atoms with E-state index in [1.165, 1.54) is 20.8 Å². The lowest BCUT2D eigenvalue weighted by Gasteiger charge is -2.34. The number of hydrogen-bond acceptors (Lipinski definition) is 6. The Balaban J connectivity index is 2.89. The third kappa shape index (κ3) is 4.66. The Morgan fingerprint density at radius 3 is 1.74 bits per heavy atom. The first-order chi connectivity index (χ1) is 8.81. The second-order valence-electron chi connectivity index (χ2n) is 4.05. The Kier molecular flexibility index (Phi) is 5.53. The normalized spacial score (nSPS) is 29.5. The zero-order chi connectivity index (χ0) is 14.6. The molecule has 1 aliphatic rings. The fraction of sp³-hybridized carbons (Fsp3) is 0.583. The van der Waals surface area contributed by atoms with E-state index in [4.69, 9.17) is 14.2 Å². The fourth-order valence-electron chi connectivity index (χ4n) is 1.72.